The molecule has 1 aliphatic rings. The van der Waals surface area contributed by atoms with Gasteiger partial charge in [0.2, 0.25) is 5.28 Å². The lowest BCUT2D eigenvalue weighted by Crippen LogP contribution is -2.40. The fourth-order valence-electron chi connectivity index (χ4n) is 3.77. The third kappa shape index (κ3) is 2.80. The summed E-state index contributed by atoms with van der Waals surface area (Å²) in [5.74, 6) is 0.817. The monoisotopic (exact) mass is 357 g/mol. The Morgan fingerprint density at radius 3 is 2.80 bits per heavy atom. The summed E-state index contributed by atoms with van der Waals surface area (Å²) in [5, 5.41) is 0.249. The van der Waals surface area contributed by atoms with Crippen LogP contribution in [-0.4, -0.2) is 32.2 Å². The Kier molecular flexibility index (Phi) is 4.21. The van der Waals surface area contributed by atoms with Crippen molar-refractivity contribution in [3.63, 3.8) is 0 Å². The van der Waals surface area contributed by atoms with Crippen LogP contribution in [0, 0.1) is 0 Å². The number of hydrogen-bond acceptors (Lipinski definition) is 4. The average Bonchev–Trinajstić information content (AvgIpc) is 2.93. The number of aromatic nitrogens is 4. The standard InChI is InChI=1S/C18H20ClN5O/c1-2-23-14-7-3-4-8-15(14)24(18(23)25)13-6-5-11-22(12-13)16-9-10-20-17(19)21-16/h3-4,7-10,13H,2,5-6,11-12H2,1H3/t13-/m0/s1. The molecule has 0 spiro atoms. The van der Waals surface area contributed by atoms with Crippen LogP contribution in [0.15, 0.2) is 41.3 Å². The lowest BCUT2D eigenvalue weighted by molar-refractivity contribution is 0.399. The van der Waals surface area contributed by atoms with E-state index in [-0.39, 0.29) is 17.0 Å². The Balaban J connectivity index is 1.74. The second kappa shape index (κ2) is 6.52. The maximum atomic E-state index is 13.0. The zero-order valence-corrected chi connectivity index (χ0v) is 14.9. The molecule has 130 valence electrons. The fraction of sp³-hybridized carbons (Fsp3) is 0.389. The first-order valence-corrected chi connectivity index (χ1v) is 9.00. The second-order valence-electron chi connectivity index (χ2n) is 6.31. The summed E-state index contributed by atoms with van der Waals surface area (Å²) in [6, 6.07) is 10.0. The second-order valence-corrected chi connectivity index (χ2v) is 6.65. The van der Waals surface area contributed by atoms with Gasteiger partial charge in [0.25, 0.3) is 0 Å². The Bertz CT molecular complexity index is 963. The van der Waals surface area contributed by atoms with Gasteiger partial charge in [-0.25, -0.2) is 14.8 Å². The zero-order valence-electron chi connectivity index (χ0n) is 14.1. The molecule has 0 bridgehead atoms. The number of para-hydroxylation sites is 2. The van der Waals surface area contributed by atoms with Crippen LogP contribution in [0.4, 0.5) is 5.82 Å². The number of benzene rings is 1. The SMILES string of the molecule is CCn1c(=O)n([C@H]2CCCN(c3ccnc(Cl)n3)C2)c2ccccc21. The normalized spacial score (nSPS) is 18.0. The number of imidazole rings is 1. The van der Waals surface area contributed by atoms with Crippen molar-refractivity contribution < 1.29 is 0 Å². The number of nitrogens with zero attached hydrogens (tertiary/aromatic N) is 5. The minimum atomic E-state index is 0.0660. The maximum absolute atomic E-state index is 13.0. The minimum absolute atomic E-state index is 0.0660. The number of fused-ring (bicyclic) bond motifs is 1. The Morgan fingerprint density at radius 1 is 1.24 bits per heavy atom. The summed E-state index contributed by atoms with van der Waals surface area (Å²) in [6.07, 6.45) is 3.65. The predicted molar refractivity (Wildman–Crippen MR) is 99.4 cm³/mol. The highest BCUT2D eigenvalue weighted by molar-refractivity contribution is 6.28. The first-order valence-electron chi connectivity index (χ1n) is 8.62. The summed E-state index contributed by atoms with van der Waals surface area (Å²) < 4.78 is 3.80. The third-order valence-corrected chi connectivity index (χ3v) is 5.06. The molecule has 1 saturated heterocycles. The van der Waals surface area contributed by atoms with Crippen LogP contribution < -0.4 is 10.6 Å². The van der Waals surface area contributed by atoms with E-state index in [0.717, 1.165) is 42.8 Å². The zero-order chi connectivity index (χ0) is 17.4. The molecule has 1 atom stereocenters. The summed E-state index contributed by atoms with van der Waals surface area (Å²) in [6.45, 7) is 4.33. The van der Waals surface area contributed by atoms with E-state index in [1.807, 2.05) is 46.4 Å². The van der Waals surface area contributed by atoms with Crippen LogP contribution in [0.5, 0.6) is 0 Å². The molecule has 0 saturated carbocycles. The fourth-order valence-corrected chi connectivity index (χ4v) is 3.91. The summed E-state index contributed by atoms with van der Waals surface area (Å²) >= 11 is 5.94. The molecule has 3 heterocycles. The largest absolute Gasteiger partial charge is 0.354 e. The van der Waals surface area contributed by atoms with E-state index in [1.54, 1.807) is 6.20 Å². The average molecular weight is 358 g/mol. The van der Waals surface area contributed by atoms with Crippen LogP contribution in [-0.2, 0) is 6.54 Å². The van der Waals surface area contributed by atoms with Crippen LogP contribution >= 0.6 is 11.6 Å². The lowest BCUT2D eigenvalue weighted by atomic mass is 10.1. The Labute approximate surface area is 150 Å². The van der Waals surface area contributed by atoms with Crippen molar-refractivity contribution in [1.82, 2.24) is 19.1 Å². The van der Waals surface area contributed by atoms with Crippen molar-refractivity contribution in [2.75, 3.05) is 18.0 Å². The van der Waals surface area contributed by atoms with E-state index in [4.69, 9.17) is 11.6 Å². The van der Waals surface area contributed by atoms with E-state index in [9.17, 15) is 4.79 Å². The summed E-state index contributed by atoms with van der Waals surface area (Å²) in [7, 11) is 0. The number of piperidine rings is 1. The molecule has 2 aromatic heterocycles. The number of rotatable bonds is 3. The molecule has 7 heteroatoms. The van der Waals surface area contributed by atoms with Crippen molar-refractivity contribution in [2.45, 2.75) is 32.4 Å². The van der Waals surface area contributed by atoms with Gasteiger partial charge in [0, 0.05) is 25.8 Å². The number of hydrogen-bond donors (Lipinski definition) is 0. The van der Waals surface area contributed by atoms with Gasteiger partial charge in [0.15, 0.2) is 0 Å². The van der Waals surface area contributed by atoms with Gasteiger partial charge < -0.3 is 4.90 Å². The minimum Gasteiger partial charge on any atom is -0.354 e. The van der Waals surface area contributed by atoms with Gasteiger partial charge in [-0.15, -0.1) is 0 Å². The molecular formula is C18H20ClN5O. The van der Waals surface area contributed by atoms with Crippen molar-refractivity contribution in [2.24, 2.45) is 0 Å². The molecule has 0 radical (unpaired) electrons. The smallest absolute Gasteiger partial charge is 0.329 e. The molecule has 1 fully saturated rings. The van der Waals surface area contributed by atoms with E-state index in [1.165, 1.54) is 0 Å². The van der Waals surface area contributed by atoms with Gasteiger partial charge >= 0.3 is 5.69 Å². The van der Waals surface area contributed by atoms with Crippen molar-refractivity contribution in [3.05, 3.63) is 52.3 Å². The molecule has 0 aliphatic carbocycles. The van der Waals surface area contributed by atoms with Crippen molar-refractivity contribution in [1.29, 1.82) is 0 Å². The molecular weight excluding hydrogens is 338 g/mol. The molecule has 0 N–H and O–H groups in total. The quantitative estimate of drug-likeness (QED) is 0.676. The highest BCUT2D eigenvalue weighted by Crippen LogP contribution is 2.27. The highest BCUT2D eigenvalue weighted by atomic mass is 35.5. The molecule has 4 rings (SSSR count). The molecule has 0 unspecified atom stereocenters. The molecule has 1 aromatic carbocycles. The van der Waals surface area contributed by atoms with E-state index in [0.29, 0.717) is 6.54 Å². The van der Waals surface area contributed by atoms with E-state index in [2.05, 4.69) is 14.9 Å². The topological polar surface area (TPSA) is 56.0 Å². The number of halogens is 1. The van der Waals surface area contributed by atoms with Gasteiger partial charge in [-0.05, 0) is 49.6 Å². The lowest BCUT2D eigenvalue weighted by Gasteiger charge is -2.34. The Hall–Kier alpha value is -2.34. The van der Waals surface area contributed by atoms with Gasteiger partial charge in [0.1, 0.15) is 5.82 Å². The third-order valence-electron chi connectivity index (χ3n) is 4.88. The van der Waals surface area contributed by atoms with E-state index < -0.39 is 0 Å². The highest BCUT2D eigenvalue weighted by Gasteiger charge is 2.26. The number of aryl methyl sites for hydroxylation is 1. The molecule has 6 nitrogen and oxygen atoms in total. The first-order chi connectivity index (χ1) is 12.2. The van der Waals surface area contributed by atoms with Crippen LogP contribution in [0.2, 0.25) is 5.28 Å². The maximum Gasteiger partial charge on any atom is 0.329 e. The van der Waals surface area contributed by atoms with Crippen LogP contribution in [0.3, 0.4) is 0 Å². The number of anilines is 1. The molecule has 25 heavy (non-hydrogen) atoms. The van der Waals surface area contributed by atoms with Crippen LogP contribution in [0.1, 0.15) is 25.8 Å². The van der Waals surface area contributed by atoms with Gasteiger partial charge in [-0.3, -0.25) is 9.13 Å². The predicted octanol–water partition coefficient (Wildman–Crippen LogP) is 3.11. The molecule has 0 amide bonds. The van der Waals surface area contributed by atoms with Crippen LogP contribution in [0.25, 0.3) is 11.0 Å². The molecule has 3 aromatic rings. The van der Waals surface area contributed by atoms with Gasteiger partial charge in [-0.2, -0.15) is 0 Å². The summed E-state index contributed by atoms with van der Waals surface area (Å²) in [5.41, 5.74) is 2.07. The van der Waals surface area contributed by atoms with Gasteiger partial charge in [0.05, 0.1) is 17.1 Å². The van der Waals surface area contributed by atoms with Gasteiger partial charge in [-0.1, -0.05) is 12.1 Å². The van der Waals surface area contributed by atoms with Crippen molar-refractivity contribution in [3.8, 4) is 0 Å². The van der Waals surface area contributed by atoms with Crippen molar-refractivity contribution >= 4 is 28.5 Å². The molecule has 1 aliphatic heterocycles. The Morgan fingerprint density at radius 2 is 2.04 bits per heavy atom. The first kappa shape index (κ1) is 16.1. The summed E-state index contributed by atoms with van der Waals surface area (Å²) in [4.78, 5) is 23.4. The van der Waals surface area contributed by atoms with E-state index >= 15 is 0 Å².